The molecule has 0 saturated carbocycles. The molecule has 0 bridgehead atoms. The highest BCUT2D eigenvalue weighted by Gasteiger charge is 2.01. The molecule has 0 spiro atoms. The average Bonchev–Trinajstić information content (AvgIpc) is 2.83. The van der Waals surface area contributed by atoms with Gasteiger partial charge in [-0.05, 0) is 12.1 Å². The van der Waals surface area contributed by atoms with Gasteiger partial charge in [-0.25, -0.2) is 19.4 Å². The lowest BCUT2D eigenvalue weighted by Gasteiger charge is -2.04. The van der Waals surface area contributed by atoms with Gasteiger partial charge in [-0.1, -0.05) is 0 Å². The van der Waals surface area contributed by atoms with Crippen LogP contribution in [0.5, 0.6) is 0 Å². The molecule has 0 saturated heterocycles. The zero-order chi connectivity index (χ0) is 11.4. The van der Waals surface area contributed by atoms with Gasteiger partial charge in [0, 0.05) is 7.05 Å². The Morgan fingerprint density at radius 3 is 2.88 bits per heavy atom. The van der Waals surface area contributed by atoms with Gasteiger partial charge in [-0.15, -0.1) is 0 Å². The van der Waals surface area contributed by atoms with Gasteiger partial charge in [0.1, 0.15) is 12.7 Å². The van der Waals surface area contributed by atoms with Crippen molar-refractivity contribution in [3.63, 3.8) is 0 Å². The van der Waals surface area contributed by atoms with Crippen molar-refractivity contribution in [2.75, 3.05) is 12.4 Å². The summed E-state index contributed by atoms with van der Waals surface area (Å²) in [6, 6.07) is 3.19. The van der Waals surface area contributed by atoms with Gasteiger partial charge in [0.05, 0.1) is 11.9 Å². The van der Waals surface area contributed by atoms with Gasteiger partial charge >= 0.3 is 6.03 Å². The number of carbonyl (C=O) groups is 1. The van der Waals surface area contributed by atoms with E-state index >= 15 is 0 Å². The van der Waals surface area contributed by atoms with Gasteiger partial charge in [-0.3, -0.25) is 0 Å². The third-order valence-corrected chi connectivity index (χ3v) is 1.89. The zero-order valence-corrected chi connectivity index (χ0v) is 8.58. The number of rotatable bonds is 2. The second kappa shape index (κ2) is 4.39. The quantitative estimate of drug-likeness (QED) is 0.764. The van der Waals surface area contributed by atoms with Gasteiger partial charge in [0.15, 0.2) is 5.82 Å². The first-order valence-electron chi connectivity index (χ1n) is 4.59. The van der Waals surface area contributed by atoms with Crippen LogP contribution in [0.25, 0.3) is 5.82 Å². The molecule has 7 nitrogen and oxygen atoms in total. The van der Waals surface area contributed by atoms with Crippen molar-refractivity contribution in [2.24, 2.45) is 0 Å². The lowest BCUT2D eigenvalue weighted by atomic mass is 10.4. The molecule has 2 amide bonds. The normalized spacial score (nSPS) is 9.81. The summed E-state index contributed by atoms with van der Waals surface area (Å²) in [5, 5.41) is 8.99. The molecule has 2 rings (SSSR count). The van der Waals surface area contributed by atoms with Crippen molar-refractivity contribution in [2.45, 2.75) is 0 Å². The highest BCUT2D eigenvalue weighted by Crippen LogP contribution is 2.07. The molecule has 82 valence electrons. The minimum absolute atomic E-state index is 0.282. The molecule has 0 fully saturated rings. The van der Waals surface area contributed by atoms with Gasteiger partial charge in [-0.2, -0.15) is 5.10 Å². The summed E-state index contributed by atoms with van der Waals surface area (Å²) in [4.78, 5) is 19.0. The monoisotopic (exact) mass is 218 g/mol. The minimum Gasteiger partial charge on any atom is -0.341 e. The van der Waals surface area contributed by atoms with E-state index in [9.17, 15) is 4.79 Å². The summed E-state index contributed by atoms with van der Waals surface area (Å²) in [6.45, 7) is 0. The number of hydrogen-bond acceptors (Lipinski definition) is 4. The first-order valence-corrected chi connectivity index (χ1v) is 4.59. The molecule has 0 aliphatic heterocycles. The molecule has 0 aromatic carbocycles. The Hall–Kier alpha value is -2.44. The van der Waals surface area contributed by atoms with Gasteiger partial charge in [0.2, 0.25) is 0 Å². The molecule has 2 aromatic rings. The highest BCUT2D eigenvalue weighted by molar-refractivity contribution is 5.88. The zero-order valence-electron chi connectivity index (χ0n) is 8.58. The van der Waals surface area contributed by atoms with Gasteiger partial charge < -0.3 is 10.6 Å². The Morgan fingerprint density at radius 2 is 2.31 bits per heavy atom. The maximum atomic E-state index is 11.0. The lowest BCUT2D eigenvalue weighted by Crippen LogP contribution is -2.24. The number of nitrogens with one attached hydrogen (secondary N) is 2. The second-order valence-corrected chi connectivity index (χ2v) is 2.95. The molecule has 2 N–H and O–H groups in total. The van der Waals surface area contributed by atoms with E-state index in [0.29, 0.717) is 11.5 Å². The molecule has 0 radical (unpaired) electrons. The van der Waals surface area contributed by atoms with Crippen molar-refractivity contribution >= 4 is 11.7 Å². The highest BCUT2D eigenvalue weighted by atomic mass is 16.2. The Bertz CT molecular complexity index is 463. The SMILES string of the molecule is CNC(=O)Nc1ccc(-n2cncn2)nc1. The smallest absolute Gasteiger partial charge is 0.319 e. The molecule has 0 unspecified atom stereocenters. The number of carbonyl (C=O) groups excluding carboxylic acids is 1. The van der Waals surface area contributed by atoms with Crippen LogP contribution in [-0.4, -0.2) is 32.8 Å². The van der Waals surface area contributed by atoms with E-state index in [1.54, 1.807) is 31.7 Å². The number of urea groups is 1. The largest absolute Gasteiger partial charge is 0.341 e. The van der Waals surface area contributed by atoms with Crippen LogP contribution in [-0.2, 0) is 0 Å². The van der Waals surface area contributed by atoms with Crippen LogP contribution in [0, 0.1) is 0 Å². The first-order chi connectivity index (χ1) is 7.79. The number of pyridine rings is 1. The summed E-state index contributed by atoms with van der Waals surface area (Å²) in [5.74, 6) is 0.639. The molecule has 0 atom stereocenters. The average molecular weight is 218 g/mol. The van der Waals surface area contributed by atoms with Crippen molar-refractivity contribution in [3.8, 4) is 5.82 Å². The van der Waals surface area contributed by atoms with E-state index in [1.165, 1.54) is 11.0 Å². The van der Waals surface area contributed by atoms with E-state index < -0.39 is 0 Å². The predicted octanol–water partition coefficient (Wildman–Crippen LogP) is 0.414. The van der Waals surface area contributed by atoms with Crippen LogP contribution < -0.4 is 10.6 Å². The molecule has 7 heteroatoms. The molecule has 0 aliphatic rings. The molecule has 2 heterocycles. The fourth-order valence-electron chi connectivity index (χ4n) is 1.12. The molecule has 0 aliphatic carbocycles. The second-order valence-electron chi connectivity index (χ2n) is 2.95. The Balaban J connectivity index is 2.14. The fourth-order valence-corrected chi connectivity index (χ4v) is 1.12. The maximum Gasteiger partial charge on any atom is 0.319 e. The van der Waals surface area contributed by atoms with Crippen LogP contribution in [0.4, 0.5) is 10.5 Å². The molecule has 16 heavy (non-hydrogen) atoms. The van der Waals surface area contributed by atoms with Crippen LogP contribution >= 0.6 is 0 Å². The van der Waals surface area contributed by atoms with Crippen LogP contribution in [0.15, 0.2) is 31.0 Å². The molecular weight excluding hydrogens is 208 g/mol. The molecule has 2 aromatic heterocycles. The standard InChI is InChI=1S/C9H10N6O/c1-10-9(16)14-7-2-3-8(12-4-7)15-6-11-5-13-15/h2-6H,1H3,(H2,10,14,16). The number of nitrogens with zero attached hydrogens (tertiary/aromatic N) is 4. The van der Waals surface area contributed by atoms with E-state index in [1.807, 2.05) is 0 Å². The third-order valence-electron chi connectivity index (χ3n) is 1.89. The number of aromatic nitrogens is 4. The Labute approximate surface area is 91.5 Å². The maximum absolute atomic E-state index is 11.0. The van der Waals surface area contributed by atoms with Crippen molar-refractivity contribution < 1.29 is 4.79 Å². The summed E-state index contributed by atoms with van der Waals surface area (Å²) >= 11 is 0. The third kappa shape index (κ3) is 2.14. The van der Waals surface area contributed by atoms with E-state index in [2.05, 4.69) is 25.7 Å². The van der Waals surface area contributed by atoms with Crippen molar-refractivity contribution in [3.05, 3.63) is 31.0 Å². The summed E-state index contributed by atoms with van der Waals surface area (Å²) in [5.41, 5.74) is 0.614. The van der Waals surface area contributed by atoms with E-state index in [-0.39, 0.29) is 6.03 Å². The Kier molecular flexibility index (Phi) is 2.77. The van der Waals surface area contributed by atoms with E-state index in [0.717, 1.165) is 0 Å². The Morgan fingerprint density at radius 1 is 1.44 bits per heavy atom. The van der Waals surface area contributed by atoms with Crippen molar-refractivity contribution in [1.82, 2.24) is 25.1 Å². The lowest BCUT2D eigenvalue weighted by molar-refractivity contribution is 0.254. The summed E-state index contributed by atoms with van der Waals surface area (Å²) in [7, 11) is 1.55. The summed E-state index contributed by atoms with van der Waals surface area (Å²) < 4.78 is 1.53. The number of amides is 2. The van der Waals surface area contributed by atoms with Crippen LogP contribution in [0.3, 0.4) is 0 Å². The number of hydrogen-bond donors (Lipinski definition) is 2. The minimum atomic E-state index is -0.282. The fraction of sp³-hybridized carbons (Fsp3) is 0.111. The van der Waals surface area contributed by atoms with Gasteiger partial charge in [0.25, 0.3) is 0 Å². The van der Waals surface area contributed by atoms with E-state index in [4.69, 9.17) is 0 Å². The molecular formula is C9H10N6O. The first kappa shape index (κ1) is 10.1. The van der Waals surface area contributed by atoms with Crippen molar-refractivity contribution in [1.29, 1.82) is 0 Å². The number of anilines is 1. The predicted molar refractivity (Wildman–Crippen MR) is 57.2 cm³/mol. The topological polar surface area (TPSA) is 84.7 Å². The summed E-state index contributed by atoms with van der Waals surface area (Å²) in [6.07, 6.45) is 4.53. The van der Waals surface area contributed by atoms with Crippen LogP contribution in [0.1, 0.15) is 0 Å². The van der Waals surface area contributed by atoms with Crippen LogP contribution in [0.2, 0.25) is 0 Å².